The summed E-state index contributed by atoms with van der Waals surface area (Å²) in [5.41, 5.74) is 0. The molecule has 0 aromatic rings. The van der Waals surface area contributed by atoms with E-state index in [1.54, 1.807) is 4.90 Å². The number of carbonyl (C=O) groups excluding carboxylic acids is 1. The van der Waals surface area contributed by atoms with Gasteiger partial charge in [-0.1, -0.05) is 13.8 Å². The van der Waals surface area contributed by atoms with Crippen molar-refractivity contribution in [2.75, 3.05) is 26.7 Å². The van der Waals surface area contributed by atoms with Gasteiger partial charge in [-0.2, -0.15) is 0 Å². The maximum atomic E-state index is 11.9. The van der Waals surface area contributed by atoms with Gasteiger partial charge in [-0.15, -0.1) is 0 Å². The van der Waals surface area contributed by atoms with Crippen LogP contribution in [-0.2, 0) is 4.79 Å². The summed E-state index contributed by atoms with van der Waals surface area (Å²) in [6, 6.07) is -0.104. The number of amides is 1. The van der Waals surface area contributed by atoms with Gasteiger partial charge in [0.2, 0.25) is 5.91 Å². The normalized spacial score (nSPS) is 28.9. The topological polar surface area (TPSA) is 43.8 Å². The average molecular weight is 214 g/mol. The first-order valence-corrected chi connectivity index (χ1v) is 5.59. The molecule has 1 aliphatic rings. The van der Waals surface area contributed by atoms with Crippen LogP contribution in [0, 0.1) is 5.92 Å². The van der Waals surface area contributed by atoms with Gasteiger partial charge in [-0.3, -0.25) is 9.69 Å². The van der Waals surface area contributed by atoms with Crippen LogP contribution >= 0.6 is 0 Å². The molecular formula is C11H22N2O2. The van der Waals surface area contributed by atoms with Crippen LogP contribution in [0.3, 0.4) is 0 Å². The van der Waals surface area contributed by atoms with Crippen molar-refractivity contribution in [2.24, 2.45) is 5.92 Å². The third-order valence-electron chi connectivity index (χ3n) is 3.01. The number of aliphatic hydroxyl groups excluding tert-OH is 1. The fraction of sp³-hybridized carbons (Fsp3) is 0.909. The molecule has 2 unspecified atom stereocenters. The molecule has 88 valence electrons. The Morgan fingerprint density at radius 2 is 2.13 bits per heavy atom. The predicted molar refractivity (Wildman–Crippen MR) is 59.5 cm³/mol. The van der Waals surface area contributed by atoms with Gasteiger partial charge in [-0.25, -0.2) is 0 Å². The first-order valence-electron chi connectivity index (χ1n) is 5.59. The van der Waals surface area contributed by atoms with Crippen molar-refractivity contribution < 1.29 is 9.90 Å². The van der Waals surface area contributed by atoms with Crippen LogP contribution < -0.4 is 0 Å². The molecule has 15 heavy (non-hydrogen) atoms. The van der Waals surface area contributed by atoms with E-state index in [9.17, 15) is 9.90 Å². The molecule has 2 atom stereocenters. The van der Waals surface area contributed by atoms with E-state index in [0.29, 0.717) is 5.92 Å². The molecule has 0 radical (unpaired) electrons. The summed E-state index contributed by atoms with van der Waals surface area (Å²) in [4.78, 5) is 15.7. The van der Waals surface area contributed by atoms with Gasteiger partial charge < -0.3 is 10.0 Å². The summed E-state index contributed by atoms with van der Waals surface area (Å²) < 4.78 is 0. The molecule has 0 bridgehead atoms. The number of piperazine rings is 1. The lowest BCUT2D eigenvalue weighted by atomic mass is 10.1. The van der Waals surface area contributed by atoms with E-state index in [0.717, 1.165) is 13.1 Å². The van der Waals surface area contributed by atoms with E-state index >= 15 is 0 Å². The zero-order valence-corrected chi connectivity index (χ0v) is 10.1. The lowest BCUT2D eigenvalue weighted by Crippen LogP contribution is -2.61. The van der Waals surface area contributed by atoms with Crippen molar-refractivity contribution in [1.82, 2.24) is 9.80 Å². The lowest BCUT2D eigenvalue weighted by molar-refractivity contribution is -0.145. The van der Waals surface area contributed by atoms with Crippen LogP contribution in [0.2, 0.25) is 0 Å². The van der Waals surface area contributed by atoms with Crippen LogP contribution in [0.4, 0.5) is 0 Å². The highest BCUT2D eigenvalue weighted by Crippen LogP contribution is 2.16. The van der Waals surface area contributed by atoms with Crippen LogP contribution in [-0.4, -0.2) is 59.6 Å². The van der Waals surface area contributed by atoms with Gasteiger partial charge in [0.25, 0.3) is 0 Å². The summed E-state index contributed by atoms with van der Waals surface area (Å²) in [5.74, 6) is 0.555. The molecule has 1 saturated heterocycles. The number of aliphatic hydroxyl groups is 1. The van der Waals surface area contributed by atoms with Crippen LogP contribution in [0.25, 0.3) is 0 Å². The molecule has 1 aliphatic heterocycles. The molecular weight excluding hydrogens is 192 g/mol. The fourth-order valence-corrected chi connectivity index (χ4v) is 2.06. The highest BCUT2D eigenvalue weighted by Gasteiger charge is 2.36. The van der Waals surface area contributed by atoms with Crippen molar-refractivity contribution in [3.05, 3.63) is 0 Å². The summed E-state index contributed by atoms with van der Waals surface area (Å²) in [7, 11) is 1.81. The number of hydrogen-bond acceptors (Lipinski definition) is 3. The quantitative estimate of drug-likeness (QED) is 0.728. The Balaban J connectivity index is 2.73. The fourth-order valence-electron chi connectivity index (χ4n) is 2.06. The molecule has 1 fully saturated rings. The van der Waals surface area contributed by atoms with Crippen molar-refractivity contribution >= 4 is 5.91 Å². The molecule has 1 N–H and O–H groups in total. The standard InChI is InChI=1S/C11H22N2O2/c1-8(2)5-13-6-9(3)12(4)11(15)10(13)7-14/h8-10,14H,5-7H2,1-4H3. The van der Waals surface area contributed by atoms with Gasteiger partial charge >= 0.3 is 0 Å². The van der Waals surface area contributed by atoms with Gasteiger partial charge in [-0.05, 0) is 12.8 Å². The molecule has 4 heteroatoms. The van der Waals surface area contributed by atoms with Crippen LogP contribution in [0.1, 0.15) is 20.8 Å². The molecule has 1 amide bonds. The molecule has 1 rings (SSSR count). The highest BCUT2D eigenvalue weighted by molar-refractivity contribution is 5.82. The number of rotatable bonds is 3. The van der Waals surface area contributed by atoms with Crippen LogP contribution in [0.5, 0.6) is 0 Å². The van der Waals surface area contributed by atoms with E-state index < -0.39 is 0 Å². The maximum absolute atomic E-state index is 11.9. The third-order valence-corrected chi connectivity index (χ3v) is 3.01. The SMILES string of the molecule is CC(C)CN1CC(C)N(C)C(=O)C1CO. The first-order chi connectivity index (χ1) is 6.97. The van der Waals surface area contributed by atoms with Gasteiger partial charge in [0.1, 0.15) is 6.04 Å². The van der Waals surface area contributed by atoms with E-state index in [1.165, 1.54) is 0 Å². The summed E-state index contributed by atoms with van der Waals surface area (Å²) in [6.45, 7) is 7.94. The minimum Gasteiger partial charge on any atom is -0.394 e. The molecule has 0 aromatic heterocycles. The predicted octanol–water partition coefficient (Wildman–Crippen LogP) is 0.166. The smallest absolute Gasteiger partial charge is 0.242 e. The number of carbonyl (C=O) groups is 1. The first kappa shape index (κ1) is 12.5. The van der Waals surface area contributed by atoms with E-state index in [1.807, 2.05) is 14.0 Å². The average Bonchev–Trinajstić information content (AvgIpc) is 2.14. The Hall–Kier alpha value is -0.610. The molecule has 0 spiro atoms. The van der Waals surface area contributed by atoms with Crippen molar-refractivity contribution in [3.8, 4) is 0 Å². The lowest BCUT2D eigenvalue weighted by Gasteiger charge is -2.43. The molecule has 0 aromatic carbocycles. The Morgan fingerprint density at radius 1 is 1.53 bits per heavy atom. The summed E-state index contributed by atoms with van der Waals surface area (Å²) in [6.07, 6.45) is 0. The second-order valence-electron chi connectivity index (χ2n) is 4.84. The number of likely N-dealkylation sites (N-methyl/N-ethyl adjacent to an activating group) is 1. The maximum Gasteiger partial charge on any atom is 0.242 e. The van der Waals surface area contributed by atoms with Crippen molar-refractivity contribution in [2.45, 2.75) is 32.9 Å². The third kappa shape index (κ3) is 2.69. The molecule has 0 aliphatic carbocycles. The van der Waals surface area contributed by atoms with Gasteiger partial charge in [0.05, 0.1) is 6.61 Å². The minimum atomic E-state index is -0.339. The van der Waals surface area contributed by atoms with E-state index in [-0.39, 0.29) is 24.6 Å². The van der Waals surface area contributed by atoms with Crippen molar-refractivity contribution in [1.29, 1.82) is 0 Å². The summed E-state index contributed by atoms with van der Waals surface area (Å²) in [5, 5.41) is 9.26. The Kier molecular flexibility index (Phi) is 4.11. The number of nitrogens with zero attached hydrogens (tertiary/aromatic N) is 2. The van der Waals surface area contributed by atoms with E-state index in [2.05, 4.69) is 18.7 Å². The zero-order valence-electron chi connectivity index (χ0n) is 10.1. The molecule has 1 heterocycles. The second-order valence-corrected chi connectivity index (χ2v) is 4.84. The van der Waals surface area contributed by atoms with E-state index in [4.69, 9.17) is 0 Å². The Morgan fingerprint density at radius 3 is 2.60 bits per heavy atom. The largest absolute Gasteiger partial charge is 0.394 e. The second kappa shape index (κ2) is 4.94. The molecule has 4 nitrogen and oxygen atoms in total. The monoisotopic (exact) mass is 214 g/mol. The summed E-state index contributed by atoms with van der Waals surface area (Å²) >= 11 is 0. The van der Waals surface area contributed by atoms with Crippen LogP contribution in [0.15, 0.2) is 0 Å². The van der Waals surface area contributed by atoms with Crippen molar-refractivity contribution in [3.63, 3.8) is 0 Å². The minimum absolute atomic E-state index is 0.0388. The number of hydrogen-bond donors (Lipinski definition) is 1. The van der Waals surface area contributed by atoms with Gasteiger partial charge in [0.15, 0.2) is 0 Å². The Labute approximate surface area is 91.9 Å². The molecule has 0 saturated carbocycles. The van der Waals surface area contributed by atoms with Gasteiger partial charge in [0, 0.05) is 26.2 Å². The Bertz CT molecular complexity index is 231. The zero-order chi connectivity index (χ0) is 11.6. The highest BCUT2D eigenvalue weighted by atomic mass is 16.3.